The van der Waals surface area contributed by atoms with Crippen LogP contribution in [0.1, 0.15) is 24.1 Å². The van der Waals surface area contributed by atoms with E-state index in [0.717, 1.165) is 15.6 Å². The van der Waals surface area contributed by atoms with Gasteiger partial charge < -0.3 is 10.6 Å². The van der Waals surface area contributed by atoms with Crippen LogP contribution in [0.25, 0.3) is 0 Å². The number of hydrogen-bond donors (Lipinski definition) is 2. The average molecular weight is 367 g/mol. The second-order valence-corrected chi connectivity index (χ2v) is 6.05. The standard InChI is InChI=1S/C16H16BrFN2S/c1-11(13-4-6-14(17)7-5-13)20-16(21)19-10-12-2-8-15(18)9-3-12/h2-9,11H,10H2,1H3,(H2,19,20,21)/t11-/m0/s1. The molecule has 0 saturated carbocycles. The van der Waals surface area contributed by atoms with E-state index < -0.39 is 0 Å². The van der Waals surface area contributed by atoms with Crippen LogP contribution >= 0.6 is 28.1 Å². The summed E-state index contributed by atoms with van der Waals surface area (Å²) in [6.45, 7) is 2.62. The van der Waals surface area contributed by atoms with Crippen molar-refractivity contribution >= 4 is 33.3 Å². The van der Waals surface area contributed by atoms with Crippen molar-refractivity contribution in [3.05, 3.63) is 69.9 Å². The Bertz CT molecular complexity index is 599. The summed E-state index contributed by atoms with van der Waals surface area (Å²) in [6, 6.07) is 14.6. The lowest BCUT2D eigenvalue weighted by Gasteiger charge is -2.17. The molecule has 2 rings (SSSR count). The van der Waals surface area contributed by atoms with Crippen LogP contribution in [0.4, 0.5) is 4.39 Å². The molecule has 0 aliphatic carbocycles. The Morgan fingerprint density at radius 2 is 1.76 bits per heavy atom. The van der Waals surface area contributed by atoms with E-state index in [4.69, 9.17) is 12.2 Å². The minimum Gasteiger partial charge on any atom is -0.359 e. The molecule has 0 heterocycles. The van der Waals surface area contributed by atoms with Crippen LogP contribution in [-0.4, -0.2) is 5.11 Å². The molecule has 2 aromatic carbocycles. The van der Waals surface area contributed by atoms with Gasteiger partial charge in [0.25, 0.3) is 0 Å². The summed E-state index contributed by atoms with van der Waals surface area (Å²) in [6.07, 6.45) is 0. The molecule has 1 atom stereocenters. The van der Waals surface area contributed by atoms with E-state index in [1.54, 1.807) is 12.1 Å². The topological polar surface area (TPSA) is 24.1 Å². The van der Waals surface area contributed by atoms with Crippen LogP contribution in [-0.2, 0) is 6.54 Å². The molecule has 2 aromatic rings. The molecule has 0 fully saturated rings. The van der Waals surface area contributed by atoms with Gasteiger partial charge >= 0.3 is 0 Å². The number of thiocarbonyl (C=S) groups is 1. The molecule has 21 heavy (non-hydrogen) atoms. The highest BCUT2D eigenvalue weighted by molar-refractivity contribution is 9.10. The molecule has 0 unspecified atom stereocenters. The Morgan fingerprint density at radius 1 is 1.14 bits per heavy atom. The summed E-state index contributed by atoms with van der Waals surface area (Å²) in [4.78, 5) is 0. The fourth-order valence-corrected chi connectivity index (χ4v) is 2.38. The quantitative estimate of drug-likeness (QED) is 0.788. The van der Waals surface area contributed by atoms with Gasteiger partial charge in [0.1, 0.15) is 5.82 Å². The maximum atomic E-state index is 12.8. The van der Waals surface area contributed by atoms with Crippen LogP contribution < -0.4 is 10.6 Å². The smallest absolute Gasteiger partial charge is 0.167 e. The Hall–Kier alpha value is -1.46. The Balaban J connectivity index is 1.83. The van der Waals surface area contributed by atoms with E-state index in [9.17, 15) is 4.39 Å². The lowest BCUT2D eigenvalue weighted by molar-refractivity contribution is 0.626. The fourth-order valence-electron chi connectivity index (χ4n) is 1.87. The van der Waals surface area contributed by atoms with Crippen molar-refractivity contribution in [2.45, 2.75) is 19.5 Å². The fraction of sp³-hybridized carbons (Fsp3) is 0.188. The monoisotopic (exact) mass is 366 g/mol. The van der Waals surface area contributed by atoms with Crippen LogP contribution in [0.2, 0.25) is 0 Å². The van der Waals surface area contributed by atoms with Gasteiger partial charge in [-0.15, -0.1) is 0 Å². The van der Waals surface area contributed by atoms with E-state index in [1.165, 1.54) is 12.1 Å². The predicted octanol–water partition coefficient (Wildman–Crippen LogP) is 4.31. The molecule has 0 aromatic heterocycles. The number of halogens is 2. The van der Waals surface area contributed by atoms with Gasteiger partial charge in [0.05, 0.1) is 6.04 Å². The molecule has 0 bridgehead atoms. The molecule has 5 heteroatoms. The Labute approximate surface area is 137 Å². The molecule has 0 amide bonds. The van der Waals surface area contributed by atoms with Crippen molar-refractivity contribution in [3.8, 4) is 0 Å². The summed E-state index contributed by atoms with van der Waals surface area (Å²) in [5.74, 6) is -0.233. The third-order valence-corrected chi connectivity index (χ3v) is 3.87. The first-order chi connectivity index (χ1) is 10.0. The average Bonchev–Trinajstić information content (AvgIpc) is 2.47. The van der Waals surface area contributed by atoms with Crippen LogP contribution in [0.15, 0.2) is 53.0 Å². The van der Waals surface area contributed by atoms with Crippen molar-refractivity contribution < 1.29 is 4.39 Å². The van der Waals surface area contributed by atoms with Crippen LogP contribution in [0.5, 0.6) is 0 Å². The molecule has 0 saturated heterocycles. The highest BCUT2D eigenvalue weighted by Gasteiger charge is 2.06. The van der Waals surface area contributed by atoms with Gasteiger partial charge in [-0.2, -0.15) is 0 Å². The number of rotatable bonds is 4. The second kappa shape index (κ2) is 7.52. The number of hydrogen-bond acceptors (Lipinski definition) is 1. The van der Waals surface area contributed by atoms with Crippen molar-refractivity contribution in [1.82, 2.24) is 10.6 Å². The molecule has 110 valence electrons. The van der Waals surface area contributed by atoms with Crippen LogP contribution in [0, 0.1) is 5.82 Å². The van der Waals surface area contributed by atoms with Crippen molar-refractivity contribution in [3.63, 3.8) is 0 Å². The SMILES string of the molecule is C[C@H](NC(=S)NCc1ccc(F)cc1)c1ccc(Br)cc1. The summed E-state index contributed by atoms with van der Waals surface area (Å²) in [7, 11) is 0. The number of benzene rings is 2. The largest absolute Gasteiger partial charge is 0.359 e. The zero-order chi connectivity index (χ0) is 15.2. The third-order valence-electron chi connectivity index (χ3n) is 3.08. The lowest BCUT2D eigenvalue weighted by Crippen LogP contribution is -2.36. The summed E-state index contributed by atoms with van der Waals surface area (Å²) >= 11 is 8.69. The molecule has 2 nitrogen and oxygen atoms in total. The second-order valence-electron chi connectivity index (χ2n) is 4.73. The van der Waals surface area contributed by atoms with Gasteiger partial charge in [0.15, 0.2) is 5.11 Å². The Morgan fingerprint density at radius 3 is 2.38 bits per heavy atom. The van der Waals surface area contributed by atoms with Crippen molar-refractivity contribution in [1.29, 1.82) is 0 Å². The van der Waals surface area contributed by atoms with Crippen molar-refractivity contribution in [2.75, 3.05) is 0 Å². The van der Waals surface area contributed by atoms with Gasteiger partial charge in [0, 0.05) is 11.0 Å². The molecule has 0 radical (unpaired) electrons. The van der Waals surface area contributed by atoms with E-state index in [0.29, 0.717) is 11.7 Å². The van der Waals surface area contributed by atoms with E-state index in [1.807, 2.05) is 24.3 Å². The zero-order valence-electron chi connectivity index (χ0n) is 11.6. The molecule has 2 N–H and O–H groups in total. The minimum absolute atomic E-state index is 0.117. The first-order valence-corrected chi connectivity index (χ1v) is 7.79. The molecular formula is C16H16BrFN2S. The van der Waals surface area contributed by atoms with E-state index in [2.05, 4.69) is 33.5 Å². The van der Waals surface area contributed by atoms with Gasteiger partial charge in [-0.05, 0) is 54.5 Å². The lowest BCUT2D eigenvalue weighted by atomic mass is 10.1. The third kappa shape index (κ3) is 5.10. The summed E-state index contributed by atoms with van der Waals surface area (Å²) in [5, 5.41) is 6.93. The van der Waals surface area contributed by atoms with Gasteiger partial charge in [0.2, 0.25) is 0 Å². The van der Waals surface area contributed by atoms with Gasteiger partial charge in [-0.1, -0.05) is 40.2 Å². The molecule has 0 aliphatic heterocycles. The molecule has 0 aliphatic rings. The molecular weight excluding hydrogens is 351 g/mol. The maximum Gasteiger partial charge on any atom is 0.167 e. The van der Waals surface area contributed by atoms with Gasteiger partial charge in [-0.25, -0.2) is 4.39 Å². The Kier molecular flexibility index (Phi) is 5.70. The highest BCUT2D eigenvalue weighted by atomic mass is 79.9. The van der Waals surface area contributed by atoms with Crippen molar-refractivity contribution in [2.24, 2.45) is 0 Å². The summed E-state index contributed by atoms with van der Waals surface area (Å²) < 4.78 is 13.9. The minimum atomic E-state index is -0.233. The maximum absolute atomic E-state index is 12.8. The molecule has 0 spiro atoms. The first-order valence-electron chi connectivity index (χ1n) is 6.59. The number of nitrogens with one attached hydrogen (secondary N) is 2. The van der Waals surface area contributed by atoms with Gasteiger partial charge in [-0.3, -0.25) is 0 Å². The highest BCUT2D eigenvalue weighted by Crippen LogP contribution is 2.16. The van der Waals surface area contributed by atoms with E-state index in [-0.39, 0.29) is 11.9 Å². The van der Waals surface area contributed by atoms with Crippen LogP contribution in [0.3, 0.4) is 0 Å². The first kappa shape index (κ1) is 15.9. The van der Waals surface area contributed by atoms with E-state index >= 15 is 0 Å². The predicted molar refractivity (Wildman–Crippen MR) is 91.5 cm³/mol. The normalized spacial score (nSPS) is 11.8. The summed E-state index contributed by atoms with van der Waals surface area (Å²) in [5.41, 5.74) is 2.14. The zero-order valence-corrected chi connectivity index (χ0v) is 14.0.